The van der Waals surface area contributed by atoms with Crippen molar-refractivity contribution < 1.29 is 22.4 Å². The van der Waals surface area contributed by atoms with Crippen LogP contribution in [0.3, 0.4) is 0 Å². The first-order chi connectivity index (χ1) is 9.40. The molecule has 0 aromatic heterocycles. The van der Waals surface area contributed by atoms with Gasteiger partial charge in [-0.3, -0.25) is 4.79 Å². The highest BCUT2D eigenvalue weighted by Gasteiger charge is 2.17. The maximum Gasteiger partial charge on any atom is 0.258 e. The van der Waals surface area contributed by atoms with E-state index in [-0.39, 0.29) is 5.56 Å². The molecule has 0 heterocycles. The van der Waals surface area contributed by atoms with Crippen molar-refractivity contribution in [2.24, 2.45) is 0 Å². The largest absolute Gasteiger partial charge is 0.319 e. The molecule has 20 heavy (non-hydrogen) atoms. The fraction of sp³-hybridized carbons (Fsp3) is 0.0714. The first-order valence-electron chi connectivity index (χ1n) is 5.61. The third-order valence-corrected chi connectivity index (χ3v) is 2.69. The Balaban J connectivity index is 2.33. The van der Waals surface area contributed by atoms with E-state index in [4.69, 9.17) is 0 Å². The van der Waals surface area contributed by atoms with Crippen molar-refractivity contribution in [3.8, 4) is 0 Å². The molecule has 0 aliphatic heterocycles. The highest BCUT2D eigenvalue weighted by Crippen LogP contribution is 2.20. The minimum atomic E-state index is -1.35. The van der Waals surface area contributed by atoms with E-state index in [1.165, 1.54) is 6.92 Å². The molecular weight excluding hydrogens is 274 g/mol. The molecule has 2 nitrogen and oxygen atoms in total. The van der Waals surface area contributed by atoms with Crippen LogP contribution in [0.2, 0.25) is 0 Å². The molecule has 2 rings (SSSR count). The van der Waals surface area contributed by atoms with E-state index in [1.54, 1.807) is 0 Å². The highest BCUT2D eigenvalue weighted by atomic mass is 19.2. The predicted molar refractivity (Wildman–Crippen MR) is 65.4 cm³/mol. The standard InChI is InChI=1S/C14H9F4NO/c1-7-5-11(17)12(6-10(7)16)19-14(20)8-3-2-4-9(15)13(8)18/h2-6H,1H3,(H,19,20). The lowest BCUT2D eigenvalue weighted by molar-refractivity contribution is 0.102. The van der Waals surface area contributed by atoms with Crippen LogP contribution in [0, 0.1) is 30.2 Å². The molecule has 0 aliphatic rings. The summed E-state index contributed by atoms with van der Waals surface area (Å²) in [5.41, 5.74) is -0.968. The van der Waals surface area contributed by atoms with E-state index >= 15 is 0 Å². The Kier molecular flexibility index (Phi) is 3.74. The molecule has 0 atom stereocenters. The molecule has 0 unspecified atom stereocenters. The third-order valence-electron chi connectivity index (χ3n) is 2.69. The molecule has 0 aliphatic carbocycles. The molecule has 2 aromatic carbocycles. The van der Waals surface area contributed by atoms with Gasteiger partial charge in [-0.05, 0) is 30.7 Å². The maximum absolute atomic E-state index is 13.5. The van der Waals surface area contributed by atoms with Gasteiger partial charge in [0.05, 0.1) is 11.3 Å². The van der Waals surface area contributed by atoms with Crippen molar-refractivity contribution in [1.29, 1.82) is 0 Å². The van der Waals surface area contributed by atoms with Crippen molar-refractivity contribution in [3.63, 3.8) is 0 Å². The van der Waals surface area contributed by atoms with Crippen LogP contribution in [0.4, 0.5) is 23.2 Å². The maximum atomic E-state index is 13.5. The Morgan fingerprint density at radius 1 is 1.00 bits per heavy atom. The number of rotatable bonds is 2. The number of carbonyl (C=O) groups is 1. The lowest BCUT2D eigenvalue weighted by Crippen LogP contribution is -2.15. The summed E-state index contributed by atoms with van der Waals surface area (Å²) in [5.74, 6) is -5.20. The zero-order valence-corrected chi connectivity index (χ0v) is 10.3. The van der Waals surface area contributed by atoms with Gasteiger partial charge in [-0.1, -0.05) is 6.07 Å². The summed E-state index contributed by atoms with van der Waals surface area (Å²) < 4.78 is 53.2. The Labute approximate surface area is 112 Å². The summed E-state index contributed by atoms with van der Waals surface area (Å²) in [5, 5.41) is 2.00. The number of nitrogens with one attached hydrogen (secondary N) is 1. The van der Waals surface area contributed by atoms with Crippen LogP contribution in [0.25, 0.3) is 0 Å². The van der Waals surface area contributed by atoms with E-state index in [1.807, 2.05) is 5.32 Å². The first-order valence-corrected chi connectivity index (χ1v) is 5.61. The second-order valence-corrected chi connectivity index (χ2v) is 4.14. The van der Waals surface area contributed by atoms with Crippen LogP contribution < -0.4 is 5.32 Å². The molecule has 0 spiro atoms. The van der Waals surface area contributed by atoms with E-state index < -0.39 is 40.4 Å². The zero-order valence-electron chi connectivity index (χ0n) is 10.3. The van der Waals surface area contributed by atoms with Gasteiger partial charge < -0.3 is 5.32 Å². The summed E-state index contributed by atoms with van der Waals surface area (Å²) in [6.07, 6.45) is 0. The smallest absolute Gasteiger partial charge is 0.258 e. The van der Waals surface area contributed by atoms with Gasteiger partial charge in [-0.2, -0.15) is 0 Å². The van der Waals surface area contributed by atoms with Gasteiger partial charge >= 0.3 is 0 Å². The number of amides is 1. The van der Waals surface area contributed by atoms with Crippen molar-refractivity contribution in [1.82, 2.24) is 0 Å². The quantitative estimate of drug-likeness (QED) is 0.834. The Morgan fingerprint density at radius 3 is 2.40 bits per heavy atom. The van der Waals surface area contributed by atoms with Crippen molar-refractivity contribution >= 4 is 11.6 Å². The van der Waals surface area contributed by atoms with Gasteiger partial charge in [0, 0.05) is 6.07 Å². The second-order valence-electron chi connectivity index (χ2n) is 4.14. The van der Waals surface area contributed by atoms with Crippen molar-refractivity contribution in [3.05, 3.63) is 64.7 Å². The number of carbonyl (C=O) groups excluding carboxylic acids is 1. The topological polar surface area (TPSA) is 29.1 Å². The number of anilines is 1. The van der Waals surface area contributed by atoms with Gasteiger partial charge in [0.15, 0.2) is 11.6 Å². The lowest BCUT2D eigenvalue weighted by Gasteiger charge is -2.08. The number of hydrogen-bond donors (Lipinski definition) is 1. The molecule has 0 saturated heterocycles. The monoisotopic (exact) mass is 283 g/mol. The van der Waals surface area contributed by atoms with Crippen molar-refractivity contribution in [2.45, 2.75) is 6.92 Å². The Morgan fingerprint density at radius 2 is 1.70 bits per heavy atom. The molecule has 0 fully saturated rings. The van der Waals surface area contributed by atoms with Gasteiger partial charge in [0.1, 0.15) is 11.6 Å². The van der Waals surface area contributed by atoms with Gasteiger partial charge in [-0.15, -0.1) is 0 Å². The minimum absolute atomic E-state index is 0.0671. The number of benzene rings is 2. The summed E-state index contributed by atoms with van der Waals surface area (Å²) in [6.45, 7) is 1.36. The van der Waals surface area contributed by atoms with Gasteiger partial charge in [-0.25, -0.2) is 17.6 Å². The Bertz CT molecular complexity index is 685. The van der Waals surface area contributed by atoms with Crippen LogP contribution >= 0.6 is 0 Å². The van der Waals surface area contributed by atoms with E-state index in [0.717, 1.165) is 30.3 Å². The van der Waals surface area contributed by atoms with Crippen LogP contribution in [0.15, 0.2) is 30.3 Å². The average Bonchev–Trinajstić information content (AvgIpc) is 2.39. The summed E-state index contributed by atoms with van der Waals surface area (Å²) in [4.78, 5) is 11.7. The van der Waals surface area contributed by atoms with Crippen LogP contribution in [0.5, 0.6) is 0 Å². The second kappa shape index (κ2) is 5.32. The summed E-state index contributed by atoms with van der Waals surface area (Å²) in [7, 11) is 0. The molecule has 0 bridgehead atoms. The number of aryl methyl sites for hydroxylation is 1. The van der Waals surface area contributed by atoms with Gasteiger partial charge in [0.2, 0.25) is 0 Å². The van der Waals surface area contributed by atoms with Crippen LogP contribution in [-0.4, -0.2) is 5.91 Å². The molecule has 1 amide bonds. The molecule has 1 N–H and O–H groups in total. The third kappa shape index (κ3) is 2.64. The number of hydrogen-bond acceptors (Lipinski definition) is 1. The molecule has 104 valence electrons. The summed E-state index contributed by atoms with van der Waals surface area (Å²) in [6, 6.07) is 4.69. The minimum Gasteiger partial charge on any atom is -0.319 e. The zero-order chi connectivity index (χ0) is 14.9. The molecule has 0 radical (unpaired) electrons. The van der Waals surface area contributed by atoms with Crippen LogP contribution in [0.1, 0.15) is 15.9 Å². The van der Waals surface area contributed by atoms with E-state index in [0.29, 0.717) is 0 Å². The van der Waals surface area contributed by atoms with Gasteiger partial charge in [0.25, 0.3) is 5.91 Å². The Hall–Kier alpha value is -2.37. The molecule has 6 heteroatoms. The fourth-order valence-electron chi connectivity index (χ4n) is 1.61. The SMILES string of the molecule is Cc1cc(F)c(NC(=O)c2cccc(F)c2F)cc1F. The molecule has 0 saturated carbocycles. The average molecular weight is 283 g/mol. The predicted octanol–water partition coefficient (Wildman–Crippen LogP) is 3.80. The molecule has 2 aromatic rings. The fourth-order valence-corrected chi connectivity index (χ4v) is 1.61. The number of halogens is 4. The first kappa shape index (κ1) is 14.0. The summed E-state index contributed by atoms with van der Waals surface area (Å²) >= 11 is 0. The lowest BCUT2D eigenvalue weighted by atomic mass is 10.1. The van der Waals surface area contributed by atoms with Crippen molar-refractivity contribution in [2.75, 3.05) is 5.32 Å². The van der Waals surface area contributed by atoms with Crippen LogP contribution in [-0.2, 0) is 0 Å². The normalized spacial score (nSPS) is 10.4. The van der Waals surface area contributed by atoms with E-state index in [9.17, 15) is 22.4 Å². The highest BCUT2D eigenvalue weighted by molar-refractivity contribution is 6.04. The van der Waals surface area contributed by atoms with E-state index in [2.05, 4.69) is 0 Å². The molecular formula is C14H9F4NO.